The standard InChI is InChI=1S/C11H18N4O6S/c12-7(16)2-1-6(11(20)21)15-9(18)4-13-8(17)3-14-10(19)5-22/h6,22H,1-5H2,(H2,12,16)(H,13,17)(H,14,19)(H,15,18)(H,20,21)/t6-/m0/s1. The van der Waals surface area contributed by atoms with Gasteiger partial charge in [-0.25, -0.2) is 4.79 Å². The number of primary amides is 1. The molecule has 22 heavy (non-hydrogen) atoms. The van der Waals surface area contributed by atoms with Crippen LogP contribution in [0, 0.1) is 0 Å². The summed E-state index contributed by atoms with van der Waals surface area (Å²) in [4.78, 5) is 55.1. The summed E-state index contributed by atoms with van der Waals surface area (Å²) in [7, 11) is 0. The Balaban J connectivity index is 4.13. The van der Waals surface area contributed by atoms with E-state index in [4.69, 9.17) is 10.8 Å². The molecule has 6 N–H and O–H groups in total. The third-order valence-corrected chi connectivity index (χ3v) is 2.64. The van der Waals surface area contributed by atoms with Crippen molar-refractivity contribution in [1.29, 1.82) is 0 Å². The highest BCUT2D eigenvalue weighted by Crippen LogP contribution is 1.97. The largest absolute Gasteiger partial charge is 0.480 e. The molecule has 0 aromatic carbocycles. The number of nitrogens with two attached hydrogens (primary N) is 1. The normalized spacial score (nSPS) is 11.1. The molecule has 0 bridgehead atoms. The lowest BCUT2D eigenvalue weighted by Crippen LogP contribution is -2.47. The van der Waals surface area contributed by atoms with Crippen molar-refractivity contribution in [1.82, 2.24) is 16.0 Å². The van der Waals surface area contributed by atoms with Crippen LogP contribution in [0.2, 0.25) is 0 Å². The van der Waals surface area contributed by atoms with E-state index >= 15 is 0 Å². The average Bonchev–Trinajstić information content (AvgIpc) is 2.46. The molecule has 0 radical (unpaired) electrons. The van der Waals surface area contributed by atoms with Gasteiger partial charge in [0.25, 0.3) is 0 Å². The van der Waals surface area contributed by atoms with Gasteiger partial charge in [-0.3, -0.25) is 19.2 Å². The van der Waals surface area contributed by atoms with E-state index in [9.17, 15) is 24.0 Å². The second-order valence-corrected chi connectivity index (χ2v) is 4.49. The van der Waals surface area contributed by atoms with Crippen molar-refractivity contribution in [3.63, 3.8) is 0 Å². The van der Waals surface area contributed by atoms with Crippen molar-refractivity contribution in [3.05, 3.63) is 0 Å². The Morgan fingerprint density at radius 2 is 1.55 bits per heavy atom. The van der Waals surface area contributed by atoms with Crippen molar-refractivity contribution in [2.75, 3.05) is 18.8 Å². The number of thiol groups is 1. The van der Waals surface area contributed by atoms with Gasteiger partial charge in [-0.2, -0.15) is 12.6 Å². The summed E-state index contributed by atoms with van der Waals surface area (Å²) in [5, 5.41) is 15.5. The van der Waals surface area contributed by atoms with E-state index in [0.29, 0.717) is 0 Å². The van der Waals surface area contributed by atoms with Crippen molar-refractivity contribution in [2.24, 2.45) is 5.73 Å². The summed E-state index contributed by atoms with van der Waals surface area (Å²) in [6.07, 6.45) is -0.346. The minimum atomic E-state index is -1.32. The fourth-order valence-electron chi connectivity index (χ4n) is 1.27. The Labute approximate surface area is 131 Å². The maximum absolute atomic E-state index is 11.5. The zero-order valence-electron chi connectivity index (χ0n) is 11.6. The lowest BCUT2D eigenvalue weighted by atomic mass is 10.1. The van der Waals surface area contributed by atoms with Gasteiger partial charge in [0.2, 0.25) is 23.6 Å². The Bertz CT molecular complexity index is 456. The van der Waals surface area contributed by atoms with E-state index in [2.05, 4.69) is 28.6 Å². The van der Waals surface area contributed by atoms with E-state index in [1.54, 1.807) is 0 Å². The molecule has 0 aliphatic rings. The summed E-state index contributed by atoms with van der Waals surface area (Å²) in [6.45, 7) is -0.785. The monoisotopic (exact) mass is 334 g/mol. The molecule has 124 valence electrons. The van der Waals surface area contributed by atoms with Gasteiger partial charge in [-0.1, -0.05) is 0 Å². The summed E-state index contributed by atoms with van der Waals surface area (Å²) in [6, 6.07) is -1.28. The lowest BCUT2D eigenvalue weighted by molar-refractivity contribution is -0.142. The van der Waals surface area contributed by atoms with E-state index in [1.807, 2.05) is 0 Å². The number of hydrogen-bond donors (Lipinski definition) is 6. The quantitative estimate of drug-likeness (QED) is 0.232. The van der Waals surface area contributed by atoms with Gasteiger partial charge in [-0.15, -0.1) is 0 Å². The summed E-state index contributed by atoms with van der Waals surface area (Å²) >= 11 is 3.70. The fourth-order valence-corrected chi connectivity index (χ4v) is 1.38. The average molecular weight is 334 g/mol. The molecule has 0 unspecified atom stereocenters. The minimum absolute atomic E-state index is 0.0755. The smallest absolute Gasteiger partial charge is 0.326 e. The van der Waals surface area contributed by atoms with E-state index in [-0.39, 0.29) is 25.1 Å². The molecule has 0 aromatic heterocycles. The van der Waals surface area contributed by atoms with Gasteiger partial charge >= 0.3 is 5.97 Å². The highest BCUT2D eigenvalue weighted by atomic mass is 32.1. The second kappa shape index (κ2) is 10.4. The van der Waals surface area contributed by atoms with E-state index < -0.39 is 42.2 Å². The maximum atomic E-state index is 11.5. The number of nitrogens with one attached hydrogen (secondary N) is 3. The van der Waals surface area contributed by atoms with Crippen LogP contribution in [0.1, 0.15) is 12.8 Å². The minimum Gasteiger partial charge on any atom is -0.480 e. The van der Waals surface area contributed by atoms with Gasteiger partial charge in [0.05, 0.1) is 18.8 Å². The molecule has 4 amide bonds. The number of carboxylic acid groups (broad SMARTS) is 1. The van der Waals surface area contributed by atoms with Crippen LogP contribution in [0.3, 0.4) is 0 Å². The highest BCUT2D eigenvalue weighted by molar-refractivity contribution is 7.81. The summed E-state index contributed by atoms with van der Waals surface area (Å²) in [5.41, 5.74) is 4.90. The summed E-state index contributed by atoms with van der Waals surface area (Å²) in [5.74, 6) is -3.88. The molecule has 0 saturated carbocycles. The van der Waals surface area contributed by atoms with E-state index in [1.165, 1.54) is 0 Å². The topological polar surface area (TPSA) is 168 Å². The predicted molar refractivity (Wildman–Crippen MR) is 77.9 cm³/mol. The number of carbonyl (C=O) groups is 5. The van der Waals surface area contributed by atoms with Crippen molar-refractivity contribution < 1.29 is 29.1 Å². The number of hydrogen-bond acceptors (Lipinski definition) is 6. The molecular weight excluding hydrogens is 316 g/mol. The molecule has 0 rings (SSSR count). The molecule has 0 fully saturated rings. The molecule has 0 aromatic rings. The van der Waals surface area contributed by atoms with Crippen LogP contribution in [-0.2, 0) is 24.0 Å². The van der Waals surface area contributed by atoms with Crippen LogP contribution in [0.25, 0.3) is 0 Å². The van der Waals surface area contributed by atoms with Gasteiger partial charge in [0.1, 0.15) is 6.04 Å². The van der Waals surface area contributed by atoms with Gasteiger partial charge in [0, 0.05) is 6.42 Å². The van der Waals surface area contributed by atoms with Crippen molar-refractivity contribution >= 4 is 42.2 Å². The first-order valence-corrected chi connectivity index (χ1v) is 6.84. The number of carboxylic acids is 1. The van der Waals surface area contributed by atoms with Crippen LogP contribution >= 0.6 is 12.6 Å². The number of amides is 4. The van der Waals surface area contributed by atoms with Crippen LogP contribution < -0.4 is 21.7 Å². The zero-order chi connectivity index (χ0) is 17.1. The van der Waals surface area contributed by atoms with Crippen molar-refractivity contribution in [3.8, 4) is 0 Å². The molecule has 0 spiro atoms. The molecule has 0 heterocycles. The summed E-state index contributed by atoms with van der Waals surface area (Å²) < 4.78 is 0. The Morgan fingerprint density at radius 1 is 1.00 bits per heavy atom. The van der Waals surface area contributed by atoms with E-state index in [0.717, 1.165) is 0 Å². The molecule has 11 heteroatoms. The maximum Gasteiger partial charge on any atom is 0.326 e. The Hall–Kier alpha value is -2.30. The molecule has 0 saturated heterocycles. The van der Waals surface area contributed by atoms with Gasteiger partial charge in [0.15, 0.2) is 0 Å². The number of aliphatic carboxylic acids is 1. The number of rotatable bonds is 10. The lowest BCUT2D eigenvalue weighted by Gasteiger charge is -2.14. The van der Waals surface area contributed by atoms with Crippen LogP contribution in [0.15, 0.2) is 0 Å². The Kier molecular flexibility index (Phi) is 9.34. The first kappa shape index (κ1) is 19.7. The van der Waals surface area contributed by atoms with Gasteiger partial charge in [-0.05, 0) is 6.42 Å². The van der Waals surface area contributed by atoms with Gasteiger partial charge < -0.3 is 26.8 Å². The molecule has 10 nitrogen and oxygen atoms in total. The molecular formula is C11H18N4O6S. The van der Waals surface area contributed by atoms with Crippen LogP contribution in [0.4, 0.5) is 0 Å². The predicted octanol–water partition coefficient (Wildman–Crippen LogP) is -3.02. The number of carbonyl (C=O) groups excluding carboxylic acids is 4. The third-order valence-electron chi connectivity index (χ3n) is 2.35. The zero-order valence-corrected chi connectivity index (χ0v) is 12.5. The molecule has 0 aliphatic carbocycles. The van der Waals surface area contributed by atoms with Crippen LogP contribution in [-0.4, -0.2) is 59.6 Å². The third kappa shape index (κ3) is 9.58. The molecule has 1 atom stereocenters. The first-order chi connectivity index (χ1) is 10.3. The van der Waals surface area contributed by atoms with Crippen molar-refractivity contribution in [2.45, 2.75) is 18.9 Å². The molecule has 0 aliphatic heterocycles. The fraction of sp³-hybridized carbons (Fsp3) is 0.545. The second-order valence-electron chi connectivity index (χ2n) is 4.17. The Morgan fingerprint density at radius 3 is 2.05 bits per heavy atom. The van der Waals surface area contributed by atoms with Crippen LogP contribution in [0.5, 0.6) is 0 Å². The first-order valence-electron chi connectivity index (χ1n) is 6.21. The highest BCUT2D eigenvalue weighted by Gasteiger charge is 2.20. The SMILES string of the molecule is NC(=O)CC[C@H](NC(=O)CNC(=O)CNC(=O)CS)C(=O)O.